The Hall–Kier alpha value is -3.02. The van der Waals surface area contributed by atoms with E-state index in [0.717, 1.165) is 122 Å². The van der Waals surface area contributed by atoms with Crippen LogP contribution < -0.4 is 9.47 Å². The third-order valence-corrected chi connectivity index (χ3v) is 18.3. The smallest absolute Gasteiger partial charge is 0.311 e. The van der Waals surface area contributed by atoms with E-state index < -0.39 is 11.8 Å². The second-order valence-corrected chi connectivity index (χ2v) is 23.0. The van der Waals surface area contributed by atoms with Crippen LogP contribution in [0.25, 0.3) is 0 Å². The van der Waals surface area contributed by atoms with Crippen molar-refractivity contribution in [3.8, 4) is 11.5 Å². The molecule has 0 aromatic heterocycles. The van der Waals surface area contributed by atoms with E-state index in [2.05, 4.69) is 50.2 Å². The van der Waals surface area contributed by atoms with E-state index in [1.54, 1.807) is 0 Å². The maximum Gasteiger partial charge on any atom is 0.311 e. The Labute approximate surface area is 413 Å². The van der Waals surface area contributed by atoms with Gasteiger partial charge in [0.15, 0.2) is 0 Å². The molecule has 4 fully saturated rings. The summed E-state index contributed by atoms with van der Waals surface area (Å²) in [4.78, 5) is 30.4. The molecular weight excluding hydrogens is 841 g/mol. The number of unbranched alkanes of at least 4 members (excludes halogenated alkanes) is 14. The van der Waals surface area contributed by atoms with Gasteiger partial charge >= 0.3 is 11.9 Å². The molecule has 2 bridgehead atoms. The molecule has 378 valence electrons. The summed E-state index contributed by atoms with van der Waals surface area (Å²) in [6, 6.07) is 13.0. The number of ether oxygens (including phenoxy) is 4. The molecule has 0 heterocycles. The highest BCUT2D eigenvalue weighted by Gasteiger charge is 2.57. The first kappa shape index (κ1) is 51.3. The zero-order valence-corrected chi connectivity index (χ0v) is 43.1. The van der Waals surface area contributed by atoms with E-state index in [1.807, 2.05) is 0 Å². The van der Waals surface area contributed by atoms with Crippen LogP contribution in [-0.2, 0) is 19.1 Å². The number of hydrogen-bond donors (Lipinski definition) is 0. The van der Waals surface area contributed by atoms with Crippen molar-refractivity contribution in [2.75, 3.05) is 13.2 Å². The highest BCUT2D eigenvalue weighted by molar-refractivity contribution is 5.88. The van der Waals surface area contributed by atoms with E-state index in [9.17, 15) is 0 Å². The largest absolute Gasteiger partial charge is 0.494 e. The Bertz CT molecular complexity index is 1680. The molecule has 4 saturated carbocycles. The lowest BCUT2D eigenvalue weighted by molar-refractivity contribution is -0.171. The van der Waals surface area contributed by atoms with Gasteiger partial charge in [-0.2, -0.15) is 0 Å². The lowest BCUT2D eigenvalue weighted by Crippen LogP contribution is -2.49. The summed E-state index contributed by atoms with van der Waals surface area (Å²) in [5, 5.41) is 0. The molecule has 0 N–H and O–H groups in total. The van der Waals surface area contributed by atoms with E-state index in [0.29, 0.717) is 13.2 Å². The van der Waals surface area contributed by atoms with E-state index in [4.69, 9.17) is 18.9 Å². The van der Waals surface area contributed by atoms with Crippen molar-refractivity contribution in [1.82, 2.24) is 0 Å². The molecular formula is C62H94O6. The van der Waals surface area contributed by atoms with Crippen LogP contribution in [0.3, 0.4) is 0 Å². The fraction of sp³-hybridized carbons (Fsp3) is 0.774. The van der Waals surface area contributed by atoms with Gasteiger partial charge in [0.1, 0.15) is 23.7 Å². The van der Waals surface area contributed by atoms with Crippen LogP contribution in [0.5, 0.6) is 11.5 Å². The summed E-state index contributed by atoms with van der Waals surface area (Å²) in [5.74, 6) is 2.49. The molecule has 68 heavy (non-hydrogen) atoms. The van der Waals surface area contributed by atoms with Crippen molar-refractivity contribution < 1.29 is 28.5 Å². The lowest BCUT2D eigenvalue weighted by atomic mass is 9.54. The Morgan fingerprint density at radius 2 is 0.735 bits per heavy atom. The molecule has 0 radical (unpaired) electrons. The van der Waals surface area contributed by atoms with Gasteiger partial charge < -0.3 is 18.9 Å². The number of hydrogen-bond acceptors (Lipinski definition) is 6. The van der Waals surface area contributed by atoms with Crippen LogP contribution in [0, 0.1) is 35.5 Å². The van der Waals surface area contributed by atoms with Gasteiger partial charge in [-0.1, -0.05) is 180 Å². The van der Waals surface area contributed by atoms with Crippen LogP contribution in [0.2, 0.25) is 0 Å². The van der Waals surface area contributed by atoms with E-state index in [-0.39, 0.29) is 36.0 Å². The average Bonchev–Trinajstić information content (AvgIpc) is 3.38. The first-order chi connectivity index (χ1) is 33.5. The van der Waals surface area contributed by atoms with E-state index in [1.165, 1.54) is 154 Å². The number of benzene rings is 2. The molecule has 9 rings (SSSR count). The van der Waals surface area contributed by atoms with Gasteiger partial charge in [0.05, 0.1) is 25.0 Å². The molecule has 0 spiro atoms. The minimum absolute atomic E-state index is 0.0955. The molecule has 2 aromatic carbocycles. The first-order valence-corrected chi connectivity index (χ1v) is 29.5. The third kappa shape index (κ3) is 13.7. The number of esters is 2. The molecule has 6 heteroatoms. The predicted molar refractivity (Wildman–Crippen MR) is 277 cm³/mol. The highest BCUT2D eigenvalue weighted by atomic mass is 16.6. The van der Waals surface area contributed by atoms with Crippen LogP contribution in [-0.4, -0.2) is 37.4 Å². The summed E-state index contributed by atoms with van der Waals surface area (Å²) in [5.41, 5.74) is 4.48. The minimum atomic E-state index is -0.658. The van der Waals surface area contributed by atoms with Gasteiger partial charge in [-0.3, -0.25) is 9.59 Å². The average molecular weight is 935 g/mol. The van der Waals surface area contributed by atoms with E-state index >= 15 is 9.59 Å². The summed E-state index contributed by atoms with van der Waals surface area (Å²) < 4.78 is 26.4. The molecule has 0 saturated heterocycles. The minimum Gasteiger partial charge on any atom is -0.494 e. The maximum atomic E-state index is 15.2. The fourth-order valence-electron chi connectivity index (χ4n) is 14.4. The number of fused-ring (bicyclic) bond motifs is 1. The second-order valence-electron chi connectivity index (χ2n) is 23.0. The molecule has 0 amide bonds. The van der Waals surface area contributed by atoms with Gasteiger partial charge in [-0.25, -0.2) is 0 Å². The van der Waals surface area contributed by atoms with Crippen molar-refractivity contribution in [1.29, 1.82) is 0 Å². The number of carbonyl (C=O) groups is 2. The highest BCUT2D eigenvalue weighted by Crippen LogP contribution is 2.60. The van der Waals surface area contributed by atoms with Gasteiger partial charge in [0, 0.05) is 11.8 Å². The summed E-state index contributed by atoms with van der Waals surface area (Å²) >= 11 is 0. The molecule has 0 unspecified atom stereocenters. The van der Waals surface area contributed by atoms with Crippen LogP contribution in [0.1, 0.15) is 266 Å². The molecule has 7 aliphatic carbocycles. The van der Waals surface area contributed by atoms with Crippen molar-refractivity contribution in [3.05, 3.63) is 58.7 Å². The van der Waals surface area contributed by atoms with Crippen molar-refractivity contribution in [2.24, 2.45) is 35.5 Å². The SMILES string of the molecule is CCCCCCCCCCOc1ccc2c(c1)[C@H]1c3ccc(OCCCCCCCCCC)cc3[C@@H]2[C@@H](C(=O)OC2CCC(C3CCCCC3)CC2)[C@@H]1C(=O)OC1CCC(C2CCCCC2)CC1. The zero-order chi connectivity index (χ0) is 46.9. The summed E-state index contributed by atoms with van der Waals surface area (Å²) in [6.45, 7) is 5.92. The quantitative estimate of drug-likeness (QED) is 0.0691. The third-order valence-electron chi connectivity index (χ3n) is 18.3. The monoisotopic (exact) mass is 935 g/mol. The second kappa shape index (κ2) is 27.0. The molecule has 2 aromatic rings. The summed E-state index contributed by atoms with van der Waals surface area (Å²) in [7, 11) is 0. The van der Waals surface area contributed by atoms with Crippen LogP contribution >= 0.6 is 0 Å². The normalized spacial score (nSPS) is 27.3. The standard InChI is InChI=1S/C62H94O6/c1-3-5-7-9-11-13-15-23-41-65-51-37-39-53-55(43-51)57-54-40-38-52(66-42-24-16-14-12-10-8-6-4-2)44-56(54)58(53)60(62(64)68-50-35-31-48(32-36-50)46-27-21-18-22-28-46)59(57)61(63)67-49-33-29-47(30-34-49)45-25-19-17-20-26-45/h37-40,43-50,57-60H,3-36,41-42H2,1-2H3/t47?,48?,49?,50?,57-,58-,59-,60-/m1/s1. The first-order valence-electron chi connectivity index (χ1n) is 29.5. The fourth-order valence-corrected chi connectivity index (χ4v) is 14.4. The lowest BCUT2D eigenvalue weighted by Gasteiger charge is -2.49. The number of carbonyl (C=O) groups excluding carboxylic acids is 2. The predicted octanol–water partition coefficient (Wildman–Crippen LogP) is 16.9. The number of rotatable bonds is 26. The van der Waals surface area contributed by atoms with Crippen molar-refractivity contribution >= 4 is 11.9 Å². The van der Waals surface area contributed by atoms with Gasteiger partial charge in [-0.05, 0) is 134 Å². The molecule has 0 aliphatic heterocycles. The van der Waals surface area contributed by atoms with Gasteiger partial charge in [0.2, 0.25) is 0 Å². The Morgan fingerprint density at radius 3 is 1.10 bits per heavy atom. The Kier molecular flexibility index (Phi) is 20.4. The zero-order valence-electron chi connectivity index (χ0n) is 43.1. The van der Waals surface area contributed by atoms with Crippen LogP contribution in [0.15, 0.2) is 36.4 Å². The van der Waals surface area contributed by atoms with Gasteiger partial charge in [0.25, 0.3) is 0 Å². The van der Waals surface area contributed by atoms with Crippen molar-refractivity contribution in [3.63, 3.8) is 0 Å². The molecule has 7 aliphatic rings. The topological polar surface area (TPSA) is 71.1 Å². The van der Waals surface area contributed by atoms with Crippen molar-refractivity contribution in [2.45, 2.75) is 256 Å². The van der Waals surface area contributed by atoms with Gasteiger partial charge in [-0.15, -0.1) is 0 Å². The van der Waals surface area contributed by atoms with Crippen LogP contribution in [0.4, 0.5) is 0 Å². The molecule has 6 nitrogen and oxygen atoms in total. The Morgan fingerprint density at radius 1 is 0.397 bits per heavy atom. The summed E-state index contributed by atoms with van der Waals surface area (Å²) in [6.07, 6.45) is 41.9. The Balaban J connectivity index is 1.02. The molecule has 4 atom stereocenters. The maximum absolute atomic E-state index is 15.2.